The van der Waals surface area contributed by atoms with Crippen LogP contribution in [0, 0.1) is 10.8 Å². The van der Waals surface area contributed by atoms with Crippen molar-refractivity contribution >= 4 is 0 Å². The first-order valence-corrected chi connectivity index (χ1v) is 6.84. The maximum atomic E-state index is 4.18. The summed E-state index contributed by atoms with van der Waals surface area (Å²) >= 11 is 0. The van der Waals surface area contributed by atoms with Gasteiger partial charge in [0.15, 0.2) is 0 Å². The first kappa shape index (κ1) is 15.1. The topological polar surface area (TPSA) is 12.0 Å². The van der Waals surface area contributed by atoms with Gasteiger partial charge in [0.1, 0.15) is 0 Å². The second-order valence-electron chi connectivity index (χ2n) is 7.30. The zero-order valence-corrected chi connectivity index (χ0v) is 13.1. The molecule has 0 saturated heterocycles. The Morgan fingerprint density at radius 3 is 1.94 bits per heavy atom. The first-order chi connectivity index (χ1) is 8.06. The molecule has 1 N–H and O–H groups in total. The Morgan fingerprint density at radius 2 is 1.56 bits per heavy atom. The molecule has 0 spiro atoms. The molecular weight excluding hydrogens is 218 g/mol. The van der Waals surface area contributed by atoms with Crippen LogP contribution in [0.25, 0.3) is 0 Å². The number of hydrogen-bond acceptors (Lipinski definition) is 1. The normalized spacial score (nSPS) is 22.1. The molecule has 0 aromatic rings. The summed E-state index contributed by atoms with van der Waals surface area (Å²) in [5.74, 6) is 0. The predicted molar refractivity (Wildman–Crippen MR) is 81.4 cm³/mol. The van der Waals surface area contributed by atoms with Crippen LogP contribution in [0.1, 0.15) is 54.9 Å². The highest BCUT2D eigenvalue weighted by atomic mass is 15.0. The lowest BCUT2D eigenvalue weighted by atomic mass is 9.52. The van der Waals surface area contributed by atoms with Crippen molar-refractivity contribution < 1.29 is 0 Å². The summed E-state index contributed by atoms with van der Waals surface area (Å²) in [6, 6.07) is 0.507. The summed E-state index contributed by atoms with van der Waals surface area (Å²) in [4.78, 5) is 0. The van der Waals surface area contributed by atoms with Crippen LogP contribution in [-0.4, -0.2) is 6.04 Å². The van der Waals surface area contributed by atoms with E-state index in [2.05, 4.69) is 72.5 Å². The van der Waals surface area contributed by atoms with Crippen LogP contribution in [0.5, 0.6) is 0 Å². The van der Waals surface area contributed by atoms with Crippen LogP contribution < -0.4 is 5.32 Å². The molecule has 0 bridgehead atoms. The van der Waals surface area contributed by atoms with Gasteiger partial charge in [-0.3, -0.25) is 0 Å². The molecular formula is C17H29N. The van der Waals surface area contributed by atoms with Crippen molar-refractivity contribution in [2.45, 2.75) is 60.9 Å². The smallest absolute Gasteiger partial charge is 0.0363 e. The van der Waals surface area contributed by atoms with E-state index in [9.17, 15) is 0 Å². The molecule has 1 fully saturated rings. The van der Waals surface area contributed by atoms with E-state index in [1.54, 1.807) is 0 Å². The van der Waals surface area contributed by atoms with Crippen LogP contribution in [0.15, 0.2) is 35.6 Å². The highest BCUT2D eigenvalue weighted by Gasteiger charge is 2.52. The Kier molecular flexibility index (Phi) is 4.15. The van der Waals surface area contributed by atoms with E-state index in [4.69, 9.17) is 0 Å². The first-order valence-electron chi connectivity index (χ1n) is 6.84. The van der Waals surface area contributed by atoms with E-state index >= 15 is 0 Å². The molecule has 0 unspecified atom stereocenters. The van der Waals surface area contributed by atoms with Crippen LogP contribution in [-0.2, 0) is 0 Å². The molecule has 0 aliphatic heterocycles. The fraction of sp³-hybridized carbons (Fsp3) is 0.647. The van der Waals surface area contributed by atoms with Gasteiger partial charge in [0.25, 0.3) is 0 Å². The average molecular weight is 247 g/mol. The van der Waals surface area contributed by atoms with Gasteiger partial charge in [-0.25, -0.2) is 0 Å². The Hall–Kier alpha value is -0.980. The van der Waals surface area contributed by atoms with Crippen molar-refractivity contribution in [2.24, 2.45) is 10.8 Å². The van der Waals surface area contributed by atoms with E-state index in [1.807, 2.05) is 0 Å². The molecule has 1 saturated carbocycles. The summed E-state index contributed by atoms with van der Waals surface area (Å²) in [5.41, 5.74) is 4.31. The Labute approximate surface area is 113 Å². The molecule has 0 atom stereocenters. The SMILES string of the molecule is C=C(NC1C(C)(C)CC1(C)C)/C(C)=C/C=C(C)C. The molecule has 0 aromatic carbocycles. The van der Waals surface area contributed by atoms with Gasteiger partial charge in [-0.2, -0.15) is 0 Å². The van der Waals surface area contributed by atoms with Crippen molar-refractivity contribution in [1.29, 1.82) is 0 Å². The minimum absolute atomic E-state index is 0.364. The monoisotopic (exact) mass is 247 g/mol. The van der Waals surface area contributed by atoms with Gasteiger partial charge < -0.3 is 5.32 Å². The second-order valence-corrected chi connectivity index (χ2v) is 7.30. The Balaban J connectivity index is 2.71. The molecule has 1 aliphatic carbocycles. The lowest BCUT2D eigenvalue weighted by Gasteiger charge is -2.58. The number of hydrogen-bond donors (Lipinski definition) is 1. The molecule has 0 amide bonds. The standard InChI is InChI=1S/C17H29N/c1-12(2)9-10-13(3)14(4)18-15-16(5,6)11-17(15,7)8/h9-10,15,18H,4,11H2,1-3,5-8H3/b13-10+. The molecule has 1 heteroatoms. The summed E-state index contributed by atoms with van der Waals surface area (Å²) in [6.45, 7) is 19.8. The molecule has 0 heterocycles. The summed E-state index contributed by atoms with van der Waals surface area (Å²) in [6.07, 6.45) is 5.55. The van der Waals surface area contributed by atoms with E-state index < -0.39 is 0 Å². The minimum atomic E-state index is 0.364. The molecule has 1 rings (SSSR count). The minimum Gasteiger partial charge on any atom is -0.381 e. The fourth-order valence-corrected chi connectivity index (χ4v) is 3.38. The van der Waals surface area contributed by atoms with E-state index in [-0.39, 0.29) is 0 Å². The van der Waals surface area contributed by atoms with Crippen molar-refractivity contribution in [3.05, 3.63) is 35.6 Å². The van der Waals surface area contributed by atoms with Crippen LogP contribution in [0.4, 0.5) is 0 Å². The van der Waals surface area contributed by atoms with Gasteiger partial charge in [0.2, 0.25) is 0 Å². The van der Waals surface area contributed by atoms with Gasteiger partial charge in [-0.1, -0.05) is 52.0 Å². The second kappa shape index (κ2) is 4.95. The summed E-state index contributed by atoms with van der Waals surface area (Å²) in [5, 5.41) is 3.63. The third kappa shape index (κ3) is 3.28. The van der Waals surface area contributed by atoms with Gasteiger partial charge in [-0.05, 0) is 43.6 Å². The lowest BCUT2D eigenvalue weighted by molar-refractivity contribution is -0.0347. The Morgan fingerprint density at radius 1 is 1.06 bits per heavy atom. The number of allylic oxidation sites excluding steroid dienone is 4. The summed E-state index contributed by atoms with van der Waals surface area (Å²) < 4.78 is 0. The maximum absolute atomic E-state index is 4.18. The molecule has 18 heavy (non-hydrogen) atoms. The fourth-order valence-electron chi connectivity index (χ4n) is 3.38. The third-order valence-electron chi connectivity index (χ3n) is 3.94. The molecule has 0 aromatic heterocycles. The van der Waals surface area contributed by atoms with E-state index in [1.165, 1.54) is 17.6 Å². The Bertz CT molecular complexity index is 376. The largest absolute Gasteiger partial charge is 0.381 e. The molecule has 0 radical (unpaired) electrons. The van der Waals surface area contributed by atoms with E-state index in [0.29, 0.717) is 16.9 Å². The average Bonchev–Trinajstić information content (AvgIpc) is 2.20. The lowest BCUT2D eigenvalue weighted by Crippen LogP contribution is -2.61. The van der Waals surface area contributed by atoms with Crippen molar-refractivity contribution in [2.75, 3.05) is 0 Å². The highest BCUT2D eigenvalue weighted by Crippen LogP contribution is 2.53. The highest BCUT2D eigenvalue weighted by molar-refractivity contribution is 5.31. The summed E-state index contributed by atoms with van der Waals surface area (Å²) in [7, 11) is 0. The van der Waals surface area contributed by atoms with Crippen molar-refractivity contribution in [1.82, 2.24) is 5.32 Å². The maximum Gasteiger partial charge on any atom is 0.0363 e. The van der Waals surface area contributed by atoms with Crippen LogP contribution >= 0.6 is 0 Å². The molecule has 102 valence electrons. The van der Waals surface area contributed by atoms with Gasteiger partial charge in [-0.15, -0.1) is 0 Å². The van der Waals surface area contributed by atoms with E-state index in [0.717, 1.165) is 5.70 Å². The zero-order valence-electron chi connectivity index (χ0n) is 13.1. The molecule has 1 aliphatic rings. The van der Waals surface area contributed by atoms with Crippen molar-refractivity contribution in [3.8, 4) is 0 Å². The van der Waals surface area contributed by atoms with Crippen LogP contribution in [0.2, 0.25) is 0 Å². The third-order valence-corrected chi connectivity index (χ3v) is 3.94. The predicted octanol–water partition coefficient (Wildman–Crippen LogP) is 4.83. The van der Waals surface area contributed by atoms with Gasteiger partial charge >= 0.3 is 0 Å². The zero-order chi connectivity index (χ0) is 14.1. The number of nitrogens with one attached hydrogen (secondary N) is 1. The van der Waals surface area contributed by atoms with Crippen molar-refractivity contribution in [3.63, 3.8) is 0 Å². The number of rotatable bonds is 4. The quantitative estimate of drug-likeness (QED) is 0.702. The van der Waals surface area contributed by atoms with Crippen LogP contribution in [0.3, 0.4) is 0 Å². The van der Waals surface area contributed by atoms with Gasteiger partial charge in [0.05, 0.1) is 0 Å². The van der Waals surface area contributed by atoms with Gasteiger partial charge in [0, 0.05) is 11.7 Å². The molecule has 1 nitrogen and oxygen atoms in total.